The number of Topliss-reactive ketones (excluding diaryl/α,β-unsaturated/α-hetero) is 1. The molecule has 1 saturated heterocycles. The van der Waals surface area contributed by atoms with Crippen molar-refractivity contribution in [2.75, 3.05) is 19.7 Å². The first-order valence-corrected chi connectivity index (χ1v) is 6.43. The van der Waals surface area contributed by atoms with Crippen LogP contribution in [0.5, 0.6) is 0 Å². The quantitative estimate of drug-likeness (QED) is 0.683. The molecule has 1 atom stereocenters. The second kappa shape index (κ2) is 6.18. The average Bonchev–Trinajstić information content (AvgIpc) is 3.04. The van der Waals surface area contributed by atoms with E-state index in [1.165, 1.54) is 4.90 Å². The van der Waals surface area contributed by atoms with Gasteiger partial charge in [-0.05, 0) is 34.1 Å². The lowest BCUT2D eigenvalue weighted by atomic mass is 10.2. The summed E-state index contributed by atoms with van der Waals surface area (Å²) in [5.41, 5.74) is -0.532. The predicted molar refractivity (Wildman–Crippen MR) is 67.5 cm³/mol. The number of likely N-dealkylation sites (N-methyl/N-ethyl adjacent to an activating group) is 1. The van der Waals surface area contributed by atoms with E-state index in [1.54, 1.807) is 0 Å². The van der Waals surface area contributed by atoms with E-state index in [2.05, 4.69) is 0 Å². The number of carbonyl (C=O) groups is 2. The second-order valence-electron chi connectivity index (χ2n) is 5.53. The maximum Gasteiger partial charge on any atom is 0.410 e. The van der Waals surface area contributed by atoms with Gasteiger partial charge in [0.15, 0.2) is 5.78 Å². The molecule has 1 fully saturated rings. The topological polar surface area (TPSA) is 59.1 Å². The number of amides is 1. The van der Waals surface area contributed by atoms with E-state index in [-0.39, 0.29) is 18.4 Å². The highest BCUT2D eigenvalue weighted by atomic mass is 16.6. The molecule has 0 radical (unpaired) electrons. The van der Waals surface area contributed by atoms with Crippen LogP contribution in [-0.2, 0) is 14.3 Å². The molecular formula is C13H23NO4. The summed E-state index contributed by atoms with van der Waals surface area (Å²) in [5, 5.41) is 0. The summed E-state index contributed by atoms with van der Waals surface area (Å²) in [6.07, 6.45) is 1.04. The lowest BCUT2D eigenvalue weighted by Crippen LogP contribution is -2.39. The Balaban J connectivity index is 2.34. The molecule has 1 unspecified atom stereocenters. The van der Waals surface area contributed by atoms with Gasteiger partial charge in [0, 0.05) is 13.0 Å². The van der Waals surface area contributed by atoms with Gasteiger partial charge in [-0.25, -0.2) is 4.79 Å². The monoisotopic (exact) mass is 257 g/mol. The van der Waals surface area contributed by atoms with Crippen LogP contribution in [-0.4, -0.2) is 48.2 Å². The van der Waals surface area contributed by atoms with Crippen LogP contribution in [0.25, 0.3) is 0 Å². The van der Waals surface area contributed by atoms with Gasteiger partial charge in [0.05, 0.1) is 19.3 Å². The smallest absolute Gasteiger partial charge is 0.410 e. The summed E-state index contributed by atoms with van der Waals surface area (Å²) in [5.74, 6) is 0.0539. The SMILES string of the molecule is CCN(CC(=O)CCC1CO1)C(=O)OC(C)(C)C. The molecule has 0 saturated carbocycles. The Labute approximate surface area is 108 Å². The van der Waals surface area contributed by atoms with Crippen molar-refractivity contribution < 1.29 is 19.1 Å². The van der Waals surface area contributed by atoms with Gasteiger partial charge in [-0.1, -0.05) is 0 Å². The van der Waals surface area contributed by atoms with Crippen LogP contribution < -0.4 is 0 Å². The summed E-state index contributed by atoms with van der Waals surface area (Å²) < 4.78 is 10.3. The minimum absolute atomic E-state index is 0.0539. The first-order chi connectivity index (χ1) is 8.31. The Morgan fingerprint density at radius 1 is 1.39 bits per heavy atom. The molecule has 104 valence electrons. The molecule has 1 amide bonds. The lowest BCUT2D eigenvalue weighted by molar-refractivity contribution is -0.120. The molecule has 0 N–H and O–H groups in total. The van der Waals surface area contributed by atoms with Crippen molar-refractivity contribution in [3.8, 4) is 0 Å². The zero-order valence-electron chi connectivity index (χ0n) is 11.7. The van der Waals surface area contributed by atoms with Crippen molar-refractivity contribution in [3.05, 3.63) is 0 Å². The van der Waals surface area contributed by atoms with Gasteiger partial charge >= 0.3 is 6.09 Å². The van der Waals surface area contributed by atoms with Crippen LogP contribution in [0.1, 0.15) is 40.5 Å². The number of hydrogen-bond donors (Lipinski definition) is 0. The van der Waals surface area contributed by atoms with Crippen LogP contribution in [0, 0.1) is 0 Å². The molecule has 18 heavy (non-hydrogen) atoms. The molecule has 5 nitrogen and oxygen atoms in total. The van der Waals surface area contributed by atoms with Gasteiger partial charge in [-0.3, -0.25) is 4.79 Å². The summed E-state index contributed by atoms with van der Waals surface area (Å²) in [4.78, 5) is 24.9. The molecule has 0 bridgehead atoms. The Morgan fingerprint density at radius 3 is 2.44 bits per heavy atom. The van der Waals surface area contributed by atoms with Crippen LogP contribution in [0.3, 0.4) is 0 Å². The lowest BCUT2D eigenvalue weighted by Gasteiger charge is -2.26. The second-order valence-corrected chi connectivity index (χ2v) is 5.53. The molecule has 0 aromatic rings. The predicted octanol–water partition coefficient (Wildman–Crippen LogP) is 1.99. The molecule has 5 heteroatoms. The van der Waals surface area contributed by atoms with Crippen molar-refractivity contribution >= 4 is 11.9 Å². The summed E-state index contributed by atoms with van der Waals surface area (Å²) >= 11 is 0. The molecule has 0 aromatic heterocycles. The van der Waals surface area contributed by atoms with Crippen molar-refractivity contribution in [1.29, 1.82) is 0 Å². The van der Waals surface area contributed by atoms with Gasteiger partial charge in [0.2, 0.25) is 0 Å². The first kappa shape index (κ1) is 15.0. The van der Waals surface area contributed by atoms with Crippen molar-refractivity contribution in [2.24, 2.45) is 0 Å². The van der Waals surface area contributed by atoms with E-state index in [4.69, 9.17) is 9.47 Å². The van der Waals surface area contributed by atoms with Crippen molar-refractivity contribution in [3.63, 3.8) is 0 Å². The molecular weight excluding hydrogens is 234 g/mol. The van der Waals surface area contributed by atoms with E-state index in [0.29, 0.717) is 13.0 Å². The minimum atomic E-state index is -0.532. The molecule has 1 aliphatic heterocycles. The van der Waals surface area contributed by atoms with E-state index in [1.807, 2.05) is 27.7 Å². The highest BCUT2D eigenvalue weighted by Gasteiger charge is 2.25. The first-order valence-electron chi connectivity index (χ1n) is 6.43. The third-order valence-corrected chi connectivity index (χ3v) is 2.55. The number of epoxide rings is 1. The Bertz CT molecular complexity index is 305. The fourth-order valence-electron chi connectivity index (χ4n) is 1.48. The van der Waals surface area contributed by atoms with Gasteiger partial charge in [-0.2, -0.15) is 0 Å². The average molecular weight is 257 g/mol. The Morgan fingerprint density at radius 2 is 2.00 bits per heavy atom. The molecule has 1 rings (SSSR count). The number of hydrogen-bond acceptors (Lipinski definition) is 4. The standard InChI is InChI=1S/C13H23NO4/c1-5-14(12(16)18-13(2,3)4)8-10(15)6-7-11-9-17-11/h11H,5-9H2,1-4H3. The Kier molecular flexibility index (Phi) is 5.14. The van der Waals surface area contributed by atoms with E-state index < -0.39 is 11.7 Å². The Hall–Kier alpha value is -1.10. The maximum atomic E-state index is 11.8. The number of nitrogens with zero attached hydrogens (tertiary/aromatic N) is 1. The number of ether oxygens (including phenoxy) is 2. The molecule has 0 aromatic carbocycles. The largest absolute Gasteiger partial charge is 0.444 e. The maximum absolute atomic E-state index is 11.8. The minimum Gasteiger partial charge on any atom is -0.444 e. The fraction of sp³-hybridized carbons (Fsp3) is 0.846. The van der Waals surface area contributed by atoms with E-state index in [9.17, 15) is 9.59 Å². The van der Waals surface area contributed by atoms with Crippen LogP contribution >= 0.6 is 0 Å². The van der Waals surface area contributed by atoms with Crippen LogP contribution in [0.4, 0.5) is 4.79 Å². The fourth-order valence-corrected chi connectivity index (χ4v) is 1.48. The van der Waals surface area contributed by atoms with E-state index in [0.717, 1.165) is 13.0 Å². The van der Waals surface area contributed by atoms with Gasteiger partial charge in [-0.15, -0.1) is 0 Å². The van der Waals surface area contributed by atoms with E-state index >= 15 is 0 Å². The zero-order valence-corrected chi connectivity index (χ0v) is 11.7. The van der Waals surface area contributed by atoms with Crippen molar-refractivity contribution in [2.45, 2.75) is 52.2 Å². The molecule has 1 heterocycles. The number of rotatable bonds is 6. The highest BCUT2D eigenvalue weighted by molar-refractivity contribution is 5.84. The summed E-state index contributed by atoms with van der Waals surface area (Å²) in [6, 6.07) is 0. The number of carbonyl (C=O) groups excluding carboxylic acids is 2. The summed E-state index contributed by atoms with van der Waals surface area (Å²) in [6.45, 7) is 8.62. The third kappa shape index (κ3) is 6.00. The van der Waals surface area contributed by atoms with Gasteiger partial charge in [0.1, 0.15) is 5.60 Å². The van der Waals surface area contributed by atoms with Gasteiger partial charge < -0.3 is 14.4 Å². The highest BCUT2D eigenvalue weighted by Crippen LogP contribution is 2.16. The normalized spacial score (nSPS) is 18.3. The zero-order chi connectivity index (χ0) is 13.8. The summed E-state index contributed by atoms with van der Waals surface area (Å²) in [7, 11) is 0. The van der Waals surface area contributed by atoms with Crippen molar-refractivity contribution in [1.82, 2.24) is 4.90 Å². The third-order valence-electron chi connectivity index (χ3n) is 2.55. The number of ketones is 1. The molecule has 0 spiro atoms. The van der Waals surface area contributed by atoms with Crippen LogP contribution in [0.2, 0.25) is 0 Å². The molecule has 0 aliphatic carbocycles. The molecule has 1 aliphatic rings. The van der Waals surface area contributed by atoms with Gasteiger partial charge in [0.25, 0.3) is 0 Å². The van der Waals surface area contributed by atoms with Crippen LogP contribution in [0.15, 0.2) is 0 Å².